The fraction of sp³-hybridized carbons (Fsp3) is 0.0714. The maximum atomic E-state index is 6.22. The van der Waals surface area contributed by atoms with Gasteiger partial charge >= 0.3 is 0 Å². The van der Waals surface area contributed by atoms with Gasteiger partial charge in [-0.1, -0.05) is 30.3 Å². The smallest absolute Gasteiger partial charge is 0.195 e. The molecule has 6 nitrogen and oxygen atoms in total. The molecule has 0 saturated heterocycles. The van der Waals surface area contributed by atoms with Gasteiger partial charge in [0.1, 0.15) is 5.69 Å². The van der Waals surface area contributed by atoms with Gasteiger partial charge in [-0.25, -0.2) is 4.99 Å². The normalized spacial score (nSPS) is 21.1. The Morgan fingerprint density at radius 2 is 1.90 bits per heavy atom. The molecule has 6 heteroatoms. The Hall–Kier alpha value is -2.73. The van der Waals surface area contributed by atoms with Crippen LogP contribution in [0.5, 0.6) is 0 Å². The lowest BCUT2D eigenvalue weighted by atomic mass is 10.0. The summed E-state index contributed by atoms with van der Waals surface area (Å²) in [6.45, 7) is 0. The van der Waals surface area contributed by atoms with Gasteiger partial charge in [0.05, 0.1) is 6.20 Å². The fourth-order valence-electron chi connectivity index (χ4n) is 2.02. The molecule has 20 heavy (non-hydrogen) atoms. The number of nitrogens with one attached hydrogen (secondary N) is 1. The highest BCUT2D eigenvalue weighted by Gasteiger charge is 2.28. The molecule has 0 spiro atoms. The summed E-state index contributed by atoms with van der Waals surface area (Å²) in [4.78, 5) is 4.19. The van der Waals surface area contributed by atoms with Crippen LogP contribution in [0.2, 0.25) is 0 Å². The Morgan fingerprint density at radius 1 is 1.10 bits per heavy atom. The largest absolute Gasteiger partial charge is 0.370 e. The summed E-state index contributed by atoms with van der Waals surface area (Å²) < 4.78 is 0. The second-order valence-corrected chi connectivity index (χ2v) is 4.50. The van der Waals surface area contributed by atoms with Crippen LogP contribution in [0.3, 0.4) is 0 Å². The number of nitrogens with two attached hydrogens (primary N) is 2. The van der Waals surface area contributed by atoms with E-state index in [-0.39, 0.29) is 5.96 Å². The molecule has 1 aromatic carbocycles. The van der Waals surface area contributed by atoms with Gasteiger partial charge in [0.15, 0.2) is 11.6 Å². The number of hydrogen-bond acceptors (Lipinski definition) is 6. The Bertz CT molecular complexity index is 679. The van der Waals surface area contributed by atoms with Gasteiger partial charge in [0, 0.05) is 11.8 Å². The molecule has 0 bridgehead atoms. The first-order chi connectivity index (χ1) is 9.67. The minimum absolute atomic E-state index is 0.252. The summed E-state index contributed by atoms with van der Waals surface area (Å²) in [6.07, 6.45) is 5.04. The second-order valence-electron chi connectivity index (χ2n) is 4.50. The molecule has 3 rings (SSSR count). The summed E-state index contributed by atoms with van der Waals surface area (Å²) in [5.74, 6) is 0.252. The Morgan fingerprint density at radius 3 is 2.65 bits per heavy atom. The van der Waals surface area contributed by atoms with Crippen molar-refractivity contribution in [3.05, 3.63) is 60.6 Å². The summed E-state index contributed by atoms with van der Waals surface area (Å²) in [5, 5.41) is 10.9. The van der Waals surface area contributed by atoms with Gasteiger partial charge in [0.25, 0.3) is 0 Å². The third kappa shape index (κ3) is 2.24. The second kappa shape index (κ2) is 4.75. The van der Waals surface area contributed by atoms with Crippen LogP contribution in [0.15, 0.2) is 59.9 Å². The Balaban J connectivity index is 2.04. The van der Waals surface area contributed by atoms with Crippen molar-refractivity contribution in [2.24, 2.45) is 16.5 Å². The minimum Gasteiger partial charge on any atom is -0.370 e. The first-order valence-corrected chi connectivity index (χ1v) is 6.14. The van der Waals surface area contributed by atoms with Crippen LogP contribution >= 0.6 is 0 Å². The number of guanidine groups is 1. The SMILES string of the molecule is NC1=NC(N)(c2cc(-c3ccccc3)cnn2)C=CN1. The van der Waals surface area contributed by atoms with E-state index in [1.54, 1.807) is 18.5 Å². The summed E-state index contributed by atoms with van der Waals surface area (Å²) in [7, 11) is 0. The molecule has 2 aromatic rings. The summed E-state index contributed by atoms with van der Waals surface area (Å²) >= 11 is 0. The molecule has 2 heterocycles. The van der Waals surface area contributed by atoms with E-state index in [1.807, 2.05) is 36.4 Å². The van der Waals surface area contributed by atoms with Crippen molar-refractivity contribution >= 4 is 5.96 Å². The highest BCUT2D eigenvalue weighted by atomic mass is 15.2. The molecule has 1 aliphatic rings. The zero-order chi connectivity index (χ0) is 14.0. The molecule has 0 amide bonds. The van der Waals surface area contributed by atoms with Crippen molar-refractivity contribution in [1.82, 2.24) is 15.5 Å². The van der Waals surface area contributed by atoms with Crippen LogP contribution in [-0.2, 0) is 5.66 Å². The molecule has 1 unspecified atom stereocenters. The standard InChI is InChI=1S/C14H14N6/c15-13-17-7-6-14(16,19-13)12-8-11(9-18-20-12)10-4-2-1-3-5-10/h1-9H,16H2,(H3,15,17,19). The zero-order valence-electron chi connectivity index (χ0n) is 10.7. The molecule has 5 N–H and O–H groups in total. The van der Waals surface area contributed by atoms with Gasteiger partial charge in [0.2, 0.25) is 0 Å². The number of rotatable bonds is 2. The lowest BCUT2D eigenvalue weighted by Gasteiger charge is -2.24. The lowest BCUT2D eigenvalue weighted by molar-refractivity contribution is 0.552. The average Bonchev–Trinajstić information content (AvgIpc) is 2.48. The maximum Gasteiger partial charge on any atom is 0.195 e. The molecule has 0 fully saturated rings. The molecule has 100 valence electrons. The third-order valence-electron chi connectivity index (χ3n) is 3.05. The van der Waals surface area contributed by atoms with E-state index >= 15 is 0 Å². The number of hydrogen-bond donors (Lipinski definition) is 3. The van der Waals surface area contributed by atoms with Crippen molar-refractivity contribution in [3.63, 3.8) is 0 Å². The van der Waals surface area contributed by atoms with E-state index in [1.165, 1.54) is 0 Å². The van der Waals surface area contributed by atoms with Crippen molar-refractivity contribution < 1.29 is 0 Å². The number of aromatic nitrogens is 2. The van der Waals surface area contributed by atoms with E-state index in [9.17, 15) is 0 Å². The monoisotopic (exact) mass is 266 g/mol. The Kier molecular flexibility index (Phi) is 2.92. The van der Waals surface area contributed by atoms with E-state index in [4.69, 9.17) is 11.5 Å². The molecular weight excluding hydrogens is 252 g/mol. The molecule has 1 atom stereocenters. The molecular formula is C14H14N6. The molecule has 1 aromatic heterocycles. The molecule has 0 radical (unpaired) electrons. The van der Waals surface area contributed by atoms with Crippen LogP contribution in [0, 0.1) is 0 Å². The zero-order valence-corrected chi connectivity index (χ0v) is 10.7. The van der Waals surface area contributed by atoms with Crippen molar-refractivity contribution in [2.45, 2.75) is 5.66 Å². The number of benzene rings is 1. The predicted octanol–water partition coefficient (Wildman–Crippen LogP) is 0.687. The van der Waals surface area contributed by atoms with Gasteiger partial charge in [-0.2, -0.15) is 10.2 Å². The van der Waals surface area contributed by atoms with E-state index in [0.29, 0.717) is 5.69 Å². The third-order valence-corrected chi connectivity index (χ3v) is 3.05. The van der Waals surface area contributed by atoms with Crippen molar-refractivity contribution in [2.75, 3.05) is 0 Å². The van der Waals surface area contributed by atoms with Crippen LogP contribution in [0.4, 0.5) is 0 Å². The van der Waals surface area contributed by atoms with Crippen LogP contribution in [-0.4, -0.2) is 16.2 Å². The van der Waals surface area contributed by atoms with E-state index < -0.39 is 5.66 Å². The average molecular weight is 266 g/mol. The van der Waals surface area contributed by atoms with Crippen LogP contribution in [0.25, 0.3) is 11.1 Å². The maximum absolute atomic E-state index is 6.22. The highest BCUT2D eigenvalue weighted by Crippen LogP contribution is 2.25. The number of aliphatic imine (C=N–C) groups is 1. The van der Waals surface area contributed by atoms with E-state index in [0.717, 1.165) is 11.1 Å². The molecule has 0 saturated carbocycles. The lowest BCUT2D eigenvalue weighted by Crippen LogP contribution is -2.43. The molecule has 0 aliphatic carbocycles. The summed E-state index contributed by atoms with van der Waals surface area (Å²) in [5.41, 5.74) is 13.3. The van der Waals surface area contributed by atoms with Gasteiger partial charge < -0.3 is 11.1 Å². The van der Waals surface area contributed by atoms with Gasteiger partial charge in [-0.3, -0.25) is 5.73 Å². The first kappa shape index (κ1) is 12.3. The van der Waals surface area contributed by atoms with Crippen LogP contribution in [0.1, 0.15) is 5.69 Å². The van der Waals surface area contributed by atoms with Crippen molar-refractivity contribution in [1.29, 1.82) is 0 Å². The fourth-order valence-corrected chi connectivity index (χ4v) is 2.02. The summed E-state index contributed by atoms with van der Waals surface area (Å²) in [6, 6.07) is 11.8. The predicted molar refractivity (Wildman–Crippen MR) is 77.2 cm³/mol. The first-order valence-electron chi connectivity index (χ1n) is 6.14. The Labute approximate surface area is 116 Å². The quantitative estimate of drug-likeness (QED) is 0.742. The van der Waals surface area contributed by atoms with Gasteiger partial charge in [-0.05, 0) is 17.7 Å². The van der Waals surface area contributed by atoms with Crippen LogP contribution < -0.4 is 16.8 Å². The topological polar surface area (TPSA) is 102 Å². The number of nitrogens with zero attached hydrogens (tertiary/aromatic N) is 3. The van der Waals surface area contributed by atoms with Crippen molar-refractivity contribution in [3.8, 4) is 11.1 Å². The highest BCUT2D eigenvalue weighted by molar-refractivity contribution is 5.80. The van der Waals surface area contributed by atoms with Gasteiger partial charge in [-0.15, -0.1) is 0 Å². The minimum atomic E-state index is -1.09. The molecule has 1 aliphatic heterocycles. The van der Waals surface area contributed by atoms with E-state index in [2.05, 4.69) is 20.5 Å².